The first-order valence-electron chi connectivity index (χ1n) is 7.42. The van der Waals surface area contributed by atoms with Gasteiger partial charge in [-0.3, -0.25) is 4.90 Å². The molecule has 1 aromatic rings. The first-order valence-corrected chi connectivity index (χ1v) is 7.42. The van der Waals surface area contributed by atoms with Gasteiger partial charge in [-0.2, -0.15) is 13.2 Å². The van der Waals surface area contributed by atoms with Crippen LogP contribution in [0.5, 0.6) is 0 Å². The van der Waals surface area contributed by atoms with Gasteiger partial charge in [0.25, 0.3) is 0 Å². The van der Waals surface area contributed by atoms with Crippen molar-refractivity contribution in [2.24, 2.45) is 5.92 Å². The molecule has 0 aliphatic carbocycles. The molecular formula is C16H23F3N2. The van der Waals surface area contributed by atoms with Gasteiger partial charge in [0.1, 0.15) is 0 Å². The number of likely N-dealkylation sites (tertiary alicyclic amines) is 1. The average Bonchev–Trinajstić information content (AvgIpc) is 2.82. The zero-order valence-corrected chi connectivity index (χ0v) is 12.7. The summed E-state index contributed by atoms with van der Waals surface area (Å²) in [4.78, 5) is 2.30. The van der Waals surface area contributed by atoms with E-state index in [1.807, 2.05) is 13.1 Å². The predicted molar refractivity (Wildman–Crippen MR) is 78.1 cm³/mol. The van der Waals surface area contributed by atoms with E-state index in [1.54, 1.807) is 0 Å². The number of halogens is 3. The van der Waals surface area contributed by atoms with Crippen molar-refractivity contribution in [3.63, 3.8) is 0 Å². The summed E-state index contributed by atoms with van der Waals surface area (Å²) < 4.78 is 38.8. The molecule has 0 saturated carbocycles. The Hall–Kier alpha value is -1.07. The molecule has 0 spiro atoms. The summed E-state index contributed by atoms with van der Waals surface area (Å²) in [6, 6.07) is 6.18. The van der Waals surface area contributed by atoms with Crippen LogP contribution in [-0.2, 0) is 6.18 Å². The van der Waals surface area contributed by atoms with E-state index < -0.39 is 11.7 Å². The van der Waals surface area contributed by atoms with Crippen LogP contribution in [0.2, 0.25) is 0 Å². The Balaban J connectivity index is 2.35. The Bertz CT molecular complexity index is 471. The van der Waals surface area contributed by atoms with Crippen molar-refractivity contribution in [2.45, 2.75) is 38.5 Å². The summed E-state index contributed by atoms with van der Waals surface area (Å²) in [5, 5.41) is 3.16. The summed E-state index contributed by atoms with van der Waals surface area (Å²) >= 11 is 0. The molecule has 1 saturated heterocycles. The SMILES string of the molecule is CNCC1CCN(C(C)C)C1c1cccc(C(F)(F)F)c1. The zero-order valence-electron chi connectivity index (χ0n) is 12.7. The van der Waals surface area contributed by atoms with E-state index in [-0.39, 0.29) is 6.04 Å². The van der Waals surface area contributed by atoms with Gasteiger partial charge in [-0.15, -0.1) is 0 Å². The summed E-state index contributed by atoms with van der Waals surface area (Å²) in [5.74, 6) is 0.348. The molecule has 1 fully saturated rings. The van der Waals surface area contributed by atoms with Gasteiger partial charge in [-0.25, -0.2) is 0 Å². The quantitative estimate of drug-likeness (QED) is 0.912. The summed E-state index contributed by atoms with van der Waals surface area (Å²) in [6.45, 7) is 5.96. The van der Waals surface area contributed by atoms with Crippen LogP contribution in [0.15, 0.2) is 24.3 Å². The first kappa shape index (κ1) is 16.3. The maximum atomic E-state index is 12.9. The van der Waals surface area contributed by atoms with Gasteiger partial charge < -0.3 is 5.32 Å². The summed E-state index contributed by atoms with van der Waals surface area (Å²) in [5.41, 5.74) is 0.218. The minimum Gasteiger partial charge on any atom is -0.319 e. The molecule has 1 heterocycles. The van der Waals surface area contributed by atoms with E-state index in [2.05, 4.69) is 24.1 Å². The van der Waals surface area contributed by atoms with Crippen molar-refractivity contribution in [3.8, 4) is 0 Å². The van der Waals surface area contributed by atoms with Crippen LogP contribution in [0.1, 0.15) is 37.4 Å². The van der Waals surface area contributed by atoms with E-state index in [0.29, 0.717) is 12.0 Å². The van der Waals surface area contributed by atoms with E-state index >= 15 is 0 Å². The molecule has 1 aliphatic rings. The van der Waals surface area contributed by atoms with Crippen molar-refractivity contribution in [2.75, 3.05) is 20.1 Å². The van der Waals surface area contributed by atoms with E-state index in [9.17, 15) is 13.2 Å². The number of alkyl halides is 3. The van der Waals surface area contributed by atoms with Crippen LogP contribution in [0.3, 0.4) is 0 Å². The lowest BCUT2D eigenvalue weighted by Crippen LogP contribution is -2.34. The minimum atomic E-state index is -4.28. The Morgan fingerprint density at radius 3 is 2.62 bits per heavy atom. The number of hydrogen-bond acceptors (Lipinski definition) is 2. The Labute approximate surface area is 124 Å². The fourth-order valence-corrected chi connectivity index (χ4v) is 3.30. The summed E-state index contributed by atoms with van der Waals surface area (Å²) in [6.07, 6.45) is -3.27. The van der Waals surface area contributed by atoms with Crippen molar-refractivity contribution in [1.29, 1.82) is 0 Å². The van der Waals surface area contributed by atoms with Gasteiger partial charge in [0.15, 0.2) is 0 Å². The van der Waals surface area contributed by atoms with Crippen LogP contribution in [-0.4, -0.2) is 31.1 Å². The van der Waals surface area contributed by atoms with Gasteiger partial charge in [-0.1, -0.05) is 12.1 Å². The third kappa shape index (κ3) is 3.58. The van der Waals surface area contributed by atoms with Crippen molar-refractivity contribution in [1.82, 2.24) is 10.2 Å². The number of nitrogens with one attached hydrogen (secondary N) is 1. The second-order valence-corrected chi connectivity index (χ2v) is 6.01. The fourth-order valence-electron chi connectivity index (χ4n) is 3.30. The maximum absolute atomic E-state index is 12.9. The number of nitrogens with zero attached hydrogens (tertiary/aromatic N) is 1. The molecule has 5 heteroatoms. The standard InChI is InChI=1S/C16H23F3N2/c1-11(2)21-8-7-13(10-20-3)15(21)12-5-4-6-14(9-12)16(17,18)19/h4-6,9,11,13,15,20H,7-8,10H2,1-3H3. The number of rotatable bonds is 4. The van der Waals surface area contributed by atoms with Crippen LogP contribution < -0.4 is 5.32 Å². The van der Waals surface area contributed by atoms with Gasteiger partial charge >= 0.3 is 6.18 Å². The third-order valence-corrected chi connectivity index (χ3v) is 4.25. The lowest BCUT2D eigenvalue weighted by Gasteiger charge is -2.32. The topological polar surface area (TPSA) is 15.3 Å². The lowest BCUT2D eigenvalue weighted by molar-refractivity contribution is -0.137. The Morgan fingerprint density at radius 1 is 1.33 bits per heavy atom. The highest BCUT2D eigenvalue weighted by Crippen LogP contribution is 2.40. The largest absolute Gasteiger partial charge is 0.416 e. The van der Waals surface area contributed by atoms with Crippen LogP contribution in [0.4, 0.5) is 13.2 Å². The molecule has 0 radical (unpaired) electrons. The highest BCUT2D eigenvalue weighted by molar-refractivity contribution is 5.29. The lowest BCUT2D eigenvalue weighted by atomic mass is 9.92. The molecule has 2 unspecified atom stereocenters. The molecule has 2 rings (SSSR count). The third-order valence-electron chi connectivity index (χ3n) is 4.25. The van der Waals surface area contributed by atoms with Gasteiger partial charge in [0, 0.05) is 12.1 Å². The summed E-state index contributed by atoms with van der Waals surface area (Å²) in [7, 11) is 1.89. The number of benzene rings is 1. The minimum absolute atomic E-state index is 0.0553. The molecule has 0 bridgehead atoms. The highest BCUT2D eigenvalue weighted by atomic mass is 19.4. The predicted octanol–water partition coefficient (Wildman–Crippen LogP) is 3.70. The van der Waals surface area contributed by atoms with E-state index in [0.717, 1.165) is 31.1 Å². The second-order valence-electron chi connectivity index (χ2n) is 6.01. The van der Waals surface area contributed by atoms with Crippen LogP contribution in [0.25, 0.3) is 0 Å². The van der Waals surface area contributed by atoms with Crippen LogP contribution >= 0.6 is 0 Å². The molecule has 1 aliphatic heterocycles. The Morgan fingerprint density at radius 2 is 2.05 bits per heavy atom. The zero-order chi connectivity index (χ0) is 15.6. The molecule has 118 valence electrons. The van der Waals surface area contributed by atoms with E-state index in [4.69, 9.17) is 0 Å². The van der Waals surface area contributed by atoms with Crippen molar-refractivity contribution >= 4 is 0 Å². The molecule has 2 atom stereocenters. The number of hydrogen-bond donors (Lipinski definition) is 1. The average molecular weight is 300 g/mol. The van der Waals surface area contributed by atoms with Gasteiger partial charge in [-0.05, 0) is 64.0 Å². The highest BCUT2D eigenvalue weighted by Gasteiger charge is 2.37. The molecule has 1 aromatic carbocycles. The maximum Gasteiger partial charge on any atom is 0.416 e. The molecule has 0 aromatic heterocycles. The van der Waals surface area contributed by atoms with Crippen molar-refractivity contribution < 1.29 is 13.2 Å². The van der Waals surface area contributed by atoms with Gasteiger partial charge in [0.2, 0.25) is 0 Å². The van der Waals surface area contributed by atoms with Gasteiger partial charge in [0.05, 0.1) is 5.56 Å². The molecule has 1 N–H and O–H groups in total. The monoisotopic (exact) mass is 300 g/mol. The van der Waals surface area contributed by atoms with Crippen molar-refractivity contribution in [3.05, 3.63) is 35.4 Å². The molecule has 0 amide bonds. The molecule has 2 nitrogen and oxygen atoms in total. The van der Waals surface area contributed by atoms with Crippen LogP contribution in [0, 0.1) is 5.92 Å². The second kappa shape index (κ2) is 6.36. The fraction of sp³-hybridized carbons (Fsp3) is 0.625. The Kier molecular flexibility index (Phi) is 4.94. The molecular weight excluding hydrogens is 277 g/mol. The first-order chi connectivity index (χ1) is 9.84. The smallest absolute Gasteiger partial charge is 0.319 e. The van der Waals surface area contributed by atoms with E-state index in [1.165, 1.54) is 12.1 Å². The normalized spacial score (nSPS) is 24.0. The molecule has 21 heavy (non-hydrogen) atoms.